The molecular weight excluding hydrogens is 202 g/mol. The maximum absolute atomic E-state index is 13.2. The van der Waals surface area contributed by atoms with Gasteiger partial charge in [-0.3, -0.25) is 0 Å². The van der Waals surface area contributed by atoms with E-state index in [1.54, 1.807) is 0 Å². The third-order valence-electron chi connectivity index (χ3n) is 1.95. The zero-order valence-corrected chi connectivity index (χ0v) is 8.54. The summed E-state index contributed by atoms with van der Waals surface area (Å²) in [5.41, 5.74) is 0.0625. The maximum Gasteiger partial charge on any atom is 0.132 e. The smallest absolute Gasteiger partial charge is 0.132 e. The van der Waals surface area contributed by atoms with Crippen LogP contribution in [0.2, 0.25) is 0 Å². The van der Waals surface area contributed by atoms with Crippen molar-refractivity contribution in [3.05, 3.63) is 35.4 Å². The highest BCUT2D eigenvalue weighted by atomic mass is 19.1. The first-order valence-corrected chi connectivity index (χ1v) is 4.86. The van der Waals surface area contributed by atoms with E-state index in [0.29, 0.717) is 6.61 Å². The molecule has 0 aliphatic heterocycles. The molecule has 0 radical (unpaired) electrons. The van der Waals surface area contributed by atoms with Crippen molar-refractivity contribution in [2.24, 2.45) is 0 Å². The van der Waals surface area contributed by atoms with Crippen LogP contribution in [0.5, 0.6) is 0 Å². The Balaban J connectivity index is 2.61. The lowest BCUT2D eigenvalue weighted by Crippen LogP contribution is -2.09. The van der Waals surface area contributed by atoms with Gasteiger partial charge < -0.3 is 9.84 Å². The minimum absolute atomic E-state index is 0.0242. The summed E-state index contributed by atoms with van der Waals surface area (Å²) in [6, 6.07) is 3.09. The molecule has 0 bridgehead atoms. The molecule has 4 heteroatoms. The molecule has 1 aromatic carbocycles. The quantitative estimate of drug-likeness (QED) is 0.766. The summed E-state index contributed by atoms with van der Waals surface area (Å²) < 4.78 is 30.8. The Morgan fingerprint density at radius 1 is 1.40 bits per heavy atom. The van der Waals surface area contributed by atoms with Crippen LogP contribution in [0.15, 0.2) is 18.2 Å². The molecular formula is C11H14F2O2. The van der Waals surface area contributed by atoms with Crippen LogP contribution in [0.4, 0.5) is 8.78 Å². The summed E-state index contributed by atoms with van der Waals surface area (Å²) in [6.45, 7) is 2.47. The Hall–Kier alpha value is -1.00. The van der Waals surface area contributed by atoms with Gasteiger partial charge in [-0.2, -0.15) is 0 Å². The highest BCUT2D eigenvalue weighted by Crippen LogP contribution is 2.18. The predicted octanol–water partition coefficient (Wildman–Crippen LogP) is 2.42. The molecule has 1 rings (SSSR count). The Morgan fingerprint density at radius 3 is 2.73 bits per heavy atom. The van der Waals surface area contributed by atoms with E-state index in [2.05, 4.69) is 0 Å². The third-order valence-corrected chi connectivity index (χ3v) is 1.95. The Morgan fingerprint density at radius 2 is 2.13 bits per heavy atom. The molecule has 0 saturated heterocycles. The molecule has 0 amide bonds. The van der Waals surface area contributed by atoms with Gasteiger partial charge in [0.1, 0.15) is 17.7 Å². The molecule has 1 unspecified atom stereocenters. The number of ether oxygens (including phenoxy) is 1. The summed E-state index contributed by atoms with van der Waals surface area (Å²) in [7, 11) is 0. The molecule has 0 saturated carbocycles. The summed E-state index contributed by atoms with van der Waals surface area (Å²) in [5, 5.41) is 9.53. The molecule has 1 N–H and O–H groups in total. The molecule has 1 atom stereocenters. The lowest BCUT2D eigenvalue weighted by Gasteiger charge is -2.11. The van der Waals surface area contributed by atoms with E-state index in [1.807, 2.05) is 6.92 Å². The van der Waals surface area contributed by atoms with Gasteiger partial charge in [0.25, 0.3) is 0 Å². The average Bonchev–Trinajstić information content (AvgIpc) is 2.17. The second-order valence-electron chi connectivity index (χ2n) is 3.26. The molecule has 0 aromatic heterocycles. The summed E-state index contributed by atoms with van der Waals surface area (Å²) in [4.78, 5) is 0. The van der Waals surface area contributed by atoms with Crippen molar-refractivity contribution in [1.29, 1.82) is 0 Å². The van der Waals surface area contributed by atoms with E-state index in [-0.39, 0.29) is 12.2 Å². The van der Waals surface area contributed by atoms with Crippen LogP contribution < -0.4 is 0 Å². The second-order valence-corrected chi connectivity index (χ2v) is 3.26. The monoisotopic (exact) mass is 216 g/mol. The maximum atomic E-state index is 13.2. The Kier molecular flexibility index (Phi) is 4.65. The fraction of sp³-hybridized carbons (Fsp3) is 0.455. The highest BCUT2D eigenvalue weighted by Gasteiger charge is 2.13. The molecule has 0 fully saturated rings. The van der Waals surface area contributed by atoms with Gasteiger partial charge in [0, 0.05) is 18.2 Å². The van der Waals surface area contributed by atoms with Crippen molar-refractivity contribution < 1.29 is 18.6 Å². The van der Waals surface area contributed by atoms with E-state index in [1.165, 1.54) is 6.07 Å². The lowest BCUT2D eigenvalue weighted by molar-refractivity contribution is 0.0345. The minimum atomic E-state index is -1.04. The zero-order chi connectivity index (χ0) is 11.3. The molecule has 0 spiro atoms. The average molecular weight is 216 g/mol. The normalized spacial score (nSPS) is 12.8. The fourth-order valence-electron chi connectivity index (χ4n) is 1.20. The van der Waals surface area contributed by atoms with Gasteiger partial charge in [0.2, 0.25) is 0 Å². The van der Waals surface area contributed by atoms with Crippen LogP contribution in [0.25, 0.3) is 0 Å². The topological polar surface area (TPSA) is 29.5 Å². The molecule has 15 heavy (non-hydrogen) atoms. The van der Waals surface area contributed by atoms with Crippen LogP contribution >= 0.6 is 0 Å². The van der Waals surface area contributed by atoms with Gasteiger partial charge in [-0.25, -0.2) is 8.78 Å². The molecule has 84 valence electrons. The Labute approximate surface area is 87.5 Å². The number of hydrogen-bond donors (Lipinski definition) is 1. The van der Waals surface area contributed by atoms with E-state index in [9.17, 15) is 13.9 Å². The van der Waals surface area contributed by atoms with Crippen molar-refractivity contribution >= 4 is 0 Å². The number of aliphatic hydroxyl groups excluding tert-OH is 1. The van der Waals surface area contributed by atoms with Gasteiger partial charge in [-0.15, -0.1) is 0 Å². The van der Waals surface area contributed by atoms with Crippen molar-refractivity contribution in [2.75, 3.05) is 13.2 Å². The summed E-state index contributed by atoms with van der Waals surface area (Å²) in [5.74, 6) is -1.40. The molecule has 0 aliphatic rings. The SMILES string of the molecule is CCCOCC(O)c1ccc(F)cc1F. The van der Waals surface area contributed by atoms with Gasteiger partial charge in [0.05, 0.1) is 6.61 Å². The first kappa shape index (κ1) is 12.1. The van der Waals surface area contributed by atoms with E-state index >= 15 is 0 Å². The number of rotatable bonds is 5. The van der Waals surface area contributed by atoms with Crippen LogP contribution in [0, 0.1) is 11.6 Å². The van der Waals surface area contributed by atoms with Gasteiger partial charge in [-0.1, -0.05) is 13.0 Å². The number of hydrogen-bond acceptors (Lipinski definition) is 2. The Bertz CT molecular complexity index is 315. The second kappa shape index (κ2) is 5.78. The van der Waals surface area contributed by atoms with E-state index < -0.39 is 17.7 Å². The van der Waals surface area contributed by atoms with Crippen LogP contribution in [0.3, 0.4) is 0 Å². The number of aliphatic hydroxyl groups is 1. The highest BCUT2D eigenvalue weighted by molar-refractivity contribution is 5.20. The van der Waals surface area contributed by atoms with Crippen molar-refractivity contribution in [3.63, 3.8) is 0 Å². The predicted molar refractivity (Wildman–Crippen MR) is 52.4 cm³/mol. The van der Waals surface area contributed by atoms with Gasteiger partial charge in [0.15, 0.2) is 0 Å². The van der Waals surface area contributed by atoms with Gasteiger partial charge >= 0.3 is 0 Å². The van der Waals surface area contributed by atoms with Crippen LogP contribution in [-0.2, 0) is 4.74 Å². The van der Waals surface area contributed by atoms with Crippen LogP contribution in [0.1, 0.15) is 25.0 Å². The van der Waals surface area contributed by atoms with Crippen molar-refractivity contribution in [2.45, 2.75) is 19.4 Å². The van der Waals surface area contributed by atoms with Crippen LogP contribution in [-0.4, -0.2) is 18.3 Å². The van der Waals surface area contributed by atoms with Crippen molar-refractivity contribution in [3.8, 4) is 0 Å². The molecule has 2 nitrogen and oxygen atoms in total. The summed E-state index contributed by atoms with van der Waals surface area (Å²) in [6.07, 6.45) is -0.212. The minimum Gasteiger partial charge on any atom is -0.386 e. The lowest BCUT2D eigenvalue weighted by atomic mass is 10.1. The fourth-order valence-corrected chi connectivity index (χ4v) is 1.20. The standard InChI is InChI=1S/C11H14F2O2/c1-2-5-15-7-11(14)9-4-3-8(12)6-10(9)13/h3-4,6,11,14H,2,5,7H2,1H3. The van der Waals surface area contributed by atoms with Gasteiger partial charge in [-0.05, 0) is 12.5 Å². The molecule has 1 aromatic rings. The largest absolute Gasteiger partial charge is 0.386 e. The molecule has 0 aliphatic carbocycles. The first-order valence-electron chi connectivity index (χ1n) is 4.86. The summed E-state index contributed by atoms with van der Waals surface area (Å²) >= 11 is 0. The number of halogens is 2. The first-order chi connectivity index (χ1) is 7.15. The van der Waals surface area contributed by atoms with E-state index in [0.717, 1.165) is 18.6 Å². The van der Waals surface area contributed by atoms with E-state index in [4.69, 9.17) is 4.74 Å². The number of benzene rings is 1. The molecule has 0 heterocycles. The zero-order valence-electron chi connectivity index (χ0n) is 8.54. The van der Waals surface area contributed by atoms with Crippen molar-refractivity contribution in [1.82, 2.24) is 0 Å². The third kappa shape index (κ3) is 3.57.